The van der Waals surface area contributed by atoms with Gasteiger partial charge in [0.05, 0.1) is 18.1 Å². The van der Waals surface area contributed by atoms with Crippen molar-refractivity contribution in [3.63, 3.8) is 0 Å². The Bertz CT molecular complexity index is 523. The highest BCUT2D eigenvalue weighted by atomic mass is 16.5. The fraction of sp³-hybridized carbons (Fsp3) is 0.588. The van der Waals surface area contributed by atoms with Crippen LogP contribution in [0.15, 0.2) is 30.3 Å². The first-order chi connectivity index (χ1) is 9.17. The second-order valence-electron chi connectivity index (χ2n) is 6.65. The number of rotatable bonds is 1. The number of ether oxygens (including phenoxy) is 1. The third kappa shape index (κ3) is 1.28. The molecule has 1 saturated heterocycles. The van der Waals surface area contributed by atoms with Crippen molar-refractivity contribution in [1.82, 2.24) is 0 Å². The Labute approximate surface area is 114 Å². The summed E-state index contributed by atoms with van der Waals surface area (Å²) in [5, 5.41) is 0. The largest absolute Gasteiger partial charge is 0.374 e. The van der Waals surface area contributed by atoms with Crippen LogP contribution < -0.4 is 0 Å². The van der Waals surface area contributed by atoms with Crippen molar-refractivity contribution in [2.45, 2.75) is 44.1 Å². The van der Waals surface area contributed by atoms with Crippen LogP contribution in [0.4, 0.5) is 0 Å². The number of carbonyl (C=O) groups is 1. The van der Waals surface area contributed by atoms with Gasteiger partial charge in [-0.25, -0.2) is 0 Å². The van der Waals surface area contributed by atoms with Gasteiger partial charge in [-0.15, -0.1) is 0 Å². The molecule has 3 fully saturated rings. The zero-order valence-corrected chi connectivity index (χ0v) is 11.4. The third-order valence-corrected chi connectivity index (χ3v) is 5.98. The van der Waals surface area contributed by atoms with Crippen molar-refractivity contribution in [3.8, 4) is 0 Å². The van der Waals surface area contributed by atoms with Gasteiger partial charge in [-0.3, -0.25) is 4.79 Å². The van der Waals surface area contributed by atoms with Crippen LogP contribution in [0.1, 0.15) is 44.1 Å². The first-order valence-corrected chi connectivity index (χ1v) is 7.39. The molecule has 0 amide bonds. The van der Waals surface area contributed by atoms with E-state index in [1.165, 1.54) is 12.0 Å². The summed E-state index contributed by atoms with van der Waals surface area (Å²) in [4.78, 5) is 12.6. The average Bonchev–Trinajstić information content (AvgIpc) is 2.96. The Morgan fingerprint density at radius 1 is 1.21 bits per heavy atom. The van der Waals surface area contributed by atoms with E-state index in [1.807, 2.05) is 6.07 Å². The molecule has 1 spiro atoms. The van der Waals surface area contributed by atoms with Gasteiger partial charge in [0.15, 0.2) is 0 Å². The van der Waals surface area contributed by atoms with Crippen LogP contribution in [0.5, 0.6) is 0 Å². The lowest BCUT2D eigenvalue weighted by Crippen LogP contribution is -2.43. The van der Waals surface area contributed by atoms with Crippen LogP contribution in [0.3, 0.4) is 0 Å². The highest BCUT2D eigenvalue weighted by Gasteiger charge is 2.69. The number of Topliss-reactive ketones (excluding diaryl/α,β-unsaturated/α-hetero) is 1. The van der Waals surface area contributed by atoms with Crippen molar-refractivity contribution in [2.24, 2.45) is 11.3 Å². The molecule has 19 heavy (non-hydrogen) atoms. The van der Waals surface area contributed by atoms with Gasteiger partial charge in [-0.2, -0.15) is 0 Å². The molecule has 0 unspecified atom stereocenters. The van der Waals surface area contributed by atoms with Gasteiger partial charge in [-0.1, -0.05) is 30.3 Å². The second-order valence-corrected chi connectivity index (χ2v) is 6.65. The van der Waals surface area contributed by atoms with Crippen LogP contribution in [0, 0.1) is 11.3 Å². The van der Waals surface area contributed by atoms with Crippen molar-refractivity contribution in [3.05, 3.63) is 35.9 Å². The molecule has 100 valence electrons. The number of hydrogen-bond donors (Lipinski definition) is 0. The van der Waals surface area contributed by atoms with Crippen LogP contribution in [0.25, 0.3) is 0 Å². The molecule has 0 N–H and O–H groups in total. The van der Waals surface area contributed by atoms with E-state index in [-0.39, 0.29) is 16.9 Å². The van der Waals surface area contributed by atoms with Crippen molar-refractivity contribution >= 4 is 5.78 Å². The Hall–Kier alpha value is -1.15. The lowest BCUT2D eigenvalue weighted by molar-refractivity contribution is -0.123. The normalized spacial score (nSPS) is 44.4. The number of ketones is 1. The third-order valence-electron chi connectivity index (χ3n) is 5.98. The SMILES string of the molecule is C[C@]12CCC[C@]13[C@@H](CO2)CC(=O)[C@@H]3c1ccccc1. The van der Waals surface area contributed by atoms with E-state index in [0.29, 0.717) is 11.7 Å². The van der Waals surface area contributed by atoms with Crippen molar-refractivity contribution < 1.29 is 9.53 Å². The Balaban J connectivity index is 1.88. The number of hydrogen-bond acceptors (Lipinski definition) is 2. The highest BCUT2D eigenvalue weighted by Crippen LogP contribution is 2.68. The zero-order valence-electron chi connectivity index (χ0n) is 11.4. The minimum Gasteiger partial charge on any atom is -0.374 e. The van der Waals surface area contributed by atoms with E-state index in [9.17, 15) is 4.79 Å². The van der Waals surface area contributed by atoms with Crippen LogP contribution >= 0.6 is 0 Å². The van der Waals surface area contributed by atoms with E-state index >= 15 is 0 Å². The summed E-state index contributed by atoms with van der Waals surface area (Å²) in [5.74, 6) is 0.944. The minimum atomic E-state index is -0.0790. The first-order valence-electron chi connectivity index (χ1n) is 7.39. The van der Waals surface area contributed by atoms with E-state index < -0.39 is 0 Å². The van der Waals surface area contributed by atoms with Gasteiger partial charge in [0.1, 0.15) is 5.78 Å². The number of benzene rings is 1. The summed E-state index contributed by atoms with van der Waals surface area (Å²) < 4.78 is 6.17. The fourth-order valence-corrected chi connectivity index (χ4v) is 5.19. The molecule has 2 heteroatoms. The lowest BCUT2D eigenvalue weighted by atomic mass is 9.63. The van der Waals surface area contributed by atoms with Crippen molar-refractivity contribution in [1.29, 1.82) is 0 Å². The van der Waals surface area contributed by atoms with Gasteiger partial charge in [0, 0.05) is 11.8 Å². The molecule has 4 atom stereocenters. The molecule has 4 rings (SSSR count). The Morgan fingerprint density at radius 2 is 2.00 bits per heavy atom. The molecule has 3 aliphatic rings. The van der Waals surface area contributed by atoms with Crippen LogP contribution in [-0.2, 0) is 9.53 Å². The topological polar surface area (TPSA) is 26.3 Å². The molecular formula is C17H20O2. The highest BCUT2D eigenvalue weighted by molar-refractivity contribution is 5.90. The van der Waals surface area contributed by atoms with Crippen LogP contribution in [0.2, 0.25) is 0 Å². The smallest absolute Gasteiger partial charge is 0.141 e. The summed E-state index contributed by atoms with van der Waals surface area (Å²) in [6.45, 7) is 3.03. The number of carbonyl (C=O) groups excluding carboxylic acids is 1. The summed E-state index contributed by atoms with van der Waals surface area (Å²) in [7, 11) is 0. The van der Waals surface area contributed by atoms with Gasteiger partial charge < -0.3 is 4.74 Å². The quantitative estimate of drug-likeness (QED) is 0.770. The standard InChI is InChI=1S/C17H20O2/c1-16-8-5-9-17(16)13(11-19-16)10-14(18)15(17)12-6-3-2-4-7-12/h2-4,6-7,13,15H,5,8-11H2,1H3/t13-,15+,16+,17-/m1/s1. The molecule has 1 aliphatic heterocycles. The van der Waals surface area contributed by atoms with Gasteiger partial charge in [0.25, 0.3) is 0 Å². The molecule has 2 aliphatic carbocycles. The molecule has 0 aromatic heterocycles. The zero-order chi connectivity index (χ0) is 13.1. The predicted octanol–water partition coefficient (Wildman–Crippen LogP) is 3.32. The second kappa shape index (κ2) is 3.69. The van der Waals surface area contributed by atoms with Gasteiger partial charge in [-0.05, 0) is 37.7 Å². The minimum absolute atomic E-state index is 0.0636. The first kappa shape index (κ1) is 11.7. The molecule has 1 heterocycles. The average molecular weight is 256 g/mol. The maximum Gasteiger partial charge on any atom is 0.141 e. The summed E-state index contributed by atoms with van der Waals surface area (Å²) in [6.07, 6.45) is 4.18. The van der Waals surface area contributed by atoms with Gasteiger partial charge in [0.2, 0.25) is 0 Å². The molecule has 0 radical (unpaired) electrons. The maximum atomic E-state index is 12.6. The van der Waals surface area contributed by atoms with Gasteiger partial charge >= 0.3 is 0 Å². The monoisotopic (exact) mass is 256 g/mol. The predicted molar refractivity (Wildman–Crippen MR) is 72.9 cm³/mol. The molecule has 2 nitrogen and oxygen atoms in total. The maximum absolute atomic E-state index is 12.6. The molecule has 0 bridgehead atoms. The molecule has 1 aromatic carbocycles. The molecular weight excluding hydrogens is 236 g/mol. The molecule has 1 aromatic rings. The summed E-state index contributed by atoms with van der Waals surface area (Å²) in [5.41, 5.74) is 1.20. The molecule has 2 saturated carbocycles. The van der Waals surface area contributed by atoms with E-state index in [1.54, 1.807) is 0 Å². The van der Waals surface area contributed by atoms with E-state index in [2.05, 4.69) is 31.2 Å². The van der Waals surface area contributed by atoms with E-state index in [0.717, 1.165) is 25.9 Å². The van der Waals surface area contributed by atoms with Crippen molar-refractivity contribution in [2.75, 3.05) is 6.61 Å². The van der Waals surface area contributed by atoms with Crippen LogP contribution in [-0.4, -0.2) is 18.0 Å². The lowest BCUT2D eigenvalue weighted by Gasteiger charge is -2.40. The van der Waals surface area contributed by atoms with E-state index in [4.69, 9.17) is 4.74 Å². The fourth-order valence-electron chi connectivity index (χ4n) is 5.19. The Kier molecular flexibility index (Phi) is 2.27. The summed E-state index contributed by atoms with van der Waals surface area (Å²) in [6, 6.07) is 10.4. The summed E-state index contributed by atoms with van der Waals surface area (Å²) >= 11 is 0. The Morgan fingerprint density at radius 3 is 2.79 bits per heavy atom.